The van der Waals surface area contributed by atoms with Crippen LogP contribution in [0.2, 0.25) is 0 Å². The highest BCUT2D eigenvalue weighted by Crippen LogP contribution is 1.93. The van der Waals surface area contributed by atoms with Gasteiger partial charge in [0.25, 0.3) is 0 Å². The Balaban J connectivity index is 0.000000284. The molecule has 0 atom stereocenters. The van der Waals surface area contributed by atoms with Crippen LogP contribution < -0.4 is 0 Å². The number of halogens is 2. The summed E-state index contributed by atoms with van der Waals surface area (Å²) in [7, 11) is 0. The zero-order valence-electron chi connectivity index (χ0n) is 10.1. The van der Waals surface area contributed by atoms with Gasteiger partial charge in [-0.2, -0.15) is 10.5 Å². The molecule has 0 spiro atoms. The molecule has 2 aromatic carbocycles. The van der Waals surface area contributed by atoms with Gasteiger partial charge >= 0.3 is 0 Å². The molecule has 0 aromatic heterocycles. The van der Waals surface area contributed by atoms with Gasteiger partial charge in [-0.25, -0.2) is 0 Å². The maximum absolute atomic E-state index is 8.29. The molecular weight excluding hydrogens is 279 g/mol. The first-order valence-electron chi connectivity index (χ1n) is 5.30. The minimum atomic E-state index is 0.194. The van der Waals surface area contributed by atoms with E-state index < -0.39 is 0 Å². The molecule has 0 N–H and O–H groups in total. The Morgan fingerprint density at radius 1 is 0.684 bits per heavy atom. The van der Waals surface area contributed by atoms with Crippen molar-refractivity contribution in [2.45, 2.75) is 0 Å². The van der Waals surface area contributed by atoms with Crippen LogP contribution in [0.1, 0.15) is 11.1 Å². The van der Waals surface area contributed by atoms with Crippen LogP contribution in [-0.2, 0) is 0 Å². The van der Waals surface area contributed by atoms with E-state index >= 15 is 0 Å². The first kappa shape index (κ1) is 17.0. The first-order chi connectivity index (χ1) is 9.28. The van der Waals surface area contributed by atoms with Crippen LogP contribution >= 0.6 is 23.2 Å². The molecule has 0 fully saturated rings. The Kier molecular flexibility index (Phi) is 11.1. The number of nitriles is 2. The summed E-state index contributed by atoms with van der Waals surface area (Å²) in [5, 5.41) is 16.8. The van der Waals surface area contributed by atoms with Crippen LogP contribution in [0.4, 0.5) is 0 Å². The van der Waals surface area contributed by atoms with Gasteiger partial charge < -0.3 is 0 Å². The Morgan fingerprint density at radius 3 is 1.11 bits per heavy atom. The predicted molar refractivity (Wildman–Crippen MR) is 78.9 cm³/mol. The van der Waals surface area contributed by atoms with Gasteiger partial charge in [-0.15, -0.1) is 23.2 Å². The van der Waals surface area contributed by atoms with Crippen LogP contribution in [-0.4, -0.2) is 5.34 Å². The van der Waals surface area contributed by atoms with Crippen molar-refractivity contribution in [3.05, 3.63) is 71.8 Å². The first-order valence-corrected chi connectivity index (χ1v) is 6.37. The van der Waals surface area contributed by atoms with Gasteiger partial charge in [-0.1, -0.05) is 36.4 Å². The summed E-state index contributed by atoms with van der Waals surface area (Å²) in [4.78, 5) is 0. The Bertz CT molecular complexity index is 464. The quantitative estimate of drug-likeness (QED) is 0.669. The zero-order valence-corrected chi connectivity index (χ0v) is 11.6. The fourth-order valence-electron chi connectivity index (χ4n) is 1.03. The molecule has 2 aromatic rings. The summed E-state index contributed by atoms with van der Waals surface area (Å²) in [6, 6.07) is 22.3. The molecule has 0 heterocycles. The van der Waals surface area contributed by atoms with Gasteiger partial charge in [0, 0.05) is 0 Å². The molecule has 19 heavy (non-hydrogen) atoms. The molecular formula is C15H12Cl2N2. The van der Waals surface area contributed by atoms with E-state index in [2.05, 4.69) is 0 Å². The molecule has 0 unspecified atom stereocenters. The lowest BCUT2D eigenvalue weighted by Gasteiger charge is -1.80. The van der Waals surface area contributed by atoms with Gasteiger partial charge in [0.15, 0.2) is 0 Å². The second-order valence-corrected chi connectivity index (χ2v) is 3.86. The Morgan fingerprint density at radius 2 is 0.947 bits per heavy atom. The van der Waals surface area contributed by atoms with Gasteiger partial charge in [-0.05, 0) is 24.3 Å². The van der Waals surface area contributed by atoms with E-state index in [0.29, 0.717) is 11.1 Å². The summed E-state index contributed by atoms with van der Waals surface area (Å²) in [5.74, 6) is 0. The van der Waals surface area contributed by atoms with E-state index in [0.717, 1.165) is 0 Å². The van der Waals surface area contributed by atoms with Crippen LogP contribution in [0.5, 0.6) is 0 Å². The monoisotopic (exact) mass is 290 g/mol. The average Bonchev–Trinajstić information content (AvgIpc) is 2.50. The van der Waals surface area contributed by atoms with E-state index in [4.69, 9.17) is 33.7 Å². The third kappa shape index (κ3) is 9.68. The fraction of sp³-hybridized carbons (Fsp3) is 0.0667. The summed E-state index contributed by atoms with van der Waals surface area (Å²) in [6.45, 7) is 0. The van der Waals surface area contributed by atoms with Crippen molar-refractivity contribution in [3.63, 3.8) is 0 Å². The van der Waals surface area contributed by atoms with Crippen molar-refractivity contribution in [2.75, 3.05) is 5.34 Å². The lowest BCUT2D eigenvalue weighted by atomic mass is 10.2. The standard InChI is InChI=1S/2C7H5N.CH2Cl2/c2*8-6-7-4-2-1-3-5-7;2-1-3/h2*1-5H;1H2. The molecule has 0 aliphatic rings. The van der Waals surface area contributed by atoms with Crippen molar-refractivity contribution in [1.29, 1.82) is 10.5 Å². The average molecular weight is 291 g/mol. The van der Waals surface area contributed by atoms with Crippen LogP contribution in [0.3, 0.4) is 0 Å². The largest absolute Gasteiger partial charge is 0.192 e. The summed E-state index contributed by atoms with van der Waals surface area (Å²) in [6.07, 6.45) is 0. The van der Waals surface area contributed by atoms with E-state index in [1.807, 2.05) is 48.5 Å². The topological polar surface area (TPSA) is 47.6 Å². The van der Waals surface area contributed by atoms with Gasteiger partial charge in [0.05, 0.1) is 28.6 Å². The number of hydrogen-bond donors (Lipinski definition) is 0. The van der Waals surface area contributed by atoms with E-state index in [1.165, 1.54) is 0 Å². The predicted octanol–water partition coefficient (Wildman–Crippen LogP) is 4.54. The van der Waals surface area contributed by atoms with E-state index in [-0.39, 0.29) is 5.34 Å². The Hall–Kier alpha value is -2.00. The normalized spacial score (nSPS) is 7.58. The third-order valence-corrected chi connectivity index (χ3v) is 1.81. The maximum Gasteiger partial charge on any atom is 0.0991 e. The van der Waals surface area contributed by atoms with Gasteiger partial charge in [0.2, 0.25) is 0 Å². The van der Waals surface area contributed by atoms with Gasteiger partial charge in [0.1, 0.15) is 0 Å². The van der Waals surface area contributed by atoms with Crippen LogP contribution in [0, 0.1) is 22.7 Å². The highest BCUT2D eigenvalue weighted by Gasteiger charge is 1.80. The fourth-order valence-corrected chi connectivity index (χ4v) is 1.03. The number of benzene rings is 2. The van der Waals surface area contributed by atoms with E-state index in [9.17, 15) is 0 Å². The van der Waals surface area contributed by atoms with Crippen molar-refractivity contribution < 1.29 is 0 Å². The number of rotatable bonds is 0. The maximum atomic E-state index is 8.29. The van der Waals surface area contributed by atoms with Crippen LogP contribution in [0.15, 0.2) is 60.7 Å². The van der Waals surface area contributed by atoms with Crippen molar-refractivity contribution in [2.24, 2.45) is 0 Å². The minimum Gasteiger partial charge on any atom is -0.192 e. The van der Waals surface area contributed by atoms with Crippen molar-refractivity contribution >= 4 is 23.2 Å². The lowest BCUT2D eigenvalue weighted by Crippen LogP contribution is -1.66. The molecule has 0 aliphatic carbocycles. The molecule has 0 amide bonds. The van der Waals surface area contributed by atoms with E-state index in [1.54, 1.807) is 24.3 Å². The molecule has 0 saturated heterocycles. The van der Waals surface area contributed by atoms with Crippen molar-refractivity contribution in [1.82, 2.24) is 0 Å². The SMILES string of the molecule is ClCCl.N#Cc1ccccc1.N#Cc1ccccc1. The highest BCUT2D eigenvalue weighted by molar-refractivity contribution is 6.40. The molecule has 2 nitrogen and oxygen atoms in total. The molecule has 0 aliphatic heterocycles. The highest BCUT2D eigenvalue weighted by atomic mass is 35.5. The summed E-state index contributed by atoms with van der Waals surface area (Å²) in [5.41, 5.74) is 1.43. The number of nitrogens with zero attached hydrogens (tertiary/aromatic N) is 2. The minimum absolute atomic E-state index is 0.194. The molecule has 2 rings (SSSR count). The van der Waals surface area contributed by atoms with Gasteiger partial charge in [-0.3, -0.25) is 0 Å². The number of hydrogen-bond acceptors (Lipinski definition) is 2. The Labute approximate surface area is 123 Å². The second-order valence-electron chi connectivity index (χ2n) is 3.06. The smallest absolute Gasteiger partial charge is 0.0991 e. The molecule has 0 radical (unpaired) electrons. The van der Waals surface area contributed by atoms with Crippen molar-refractivity contribution in [3.8, 4) is 12.1 Å². The molecule has 96 valence electrons. The second kappa shape index (κ2) is 12.5. The lowest BCUT2D eigenvalue weighted by molar-refractivity contribution is 1.49. The number of alkyl halides is 2. The summed E-state index contributed by atoms with van der Waals surface area (Å²) >= 11 is 9.53. The molecule has 0 saturated carbocycles. The zero-order chi connectivity index (χ0) is 14.3. The third-order valence-electron chi connectivity index (χ3n) is 1.81. The molecule has 0 bridgehead atoms. The van der Waals surface area contributed by atoms with Crippen LogP contribution in [0.25, 0.3) is 0 Å². The summed E-state index contributed by atoms with van der Waals surface area (Å²) < 4.78 is 0. The molecule has 4 heteroatoms.